The van der Waals surface area contributed by atoms with Crippen molar-refractivity contribution in [2.45, 2.75) is 258 Å². The summed E-state index contributed by atoms with van der Waals surface area (Å²) in [6.45, 7) is 12.4. The van der Waals surface area contributed by atoms with Crippen LogP contribution < -0.4 is 4.52 Å². The van der Waals surface area contributed by atoms with Crippen molar-refractivity contribution in [1.29, 1.82) is 0 Å². The zero-order chi connectivity index (χ0) is 40.3. The third-order valence-corrected chi connectivity index (χ3v) is 12.3. The van der Waals surface area contributed by atoms with Crippen LogP contribution in [0.15, 0.2) is 30.3 Å². The topological polar surface area (TPSA) is 46.2 Å². The van der Waals surface area contributed by atoms with E-state index in [0.29, 0.717) is 25.4 Å². The molecule has 6 heteroatoms. The molecule has 0 aliphatic heterocycles. The highest BCUT2D eigenvalue weighted by molar-refractivity contribution is 7.42. The highest BCUT2D eigenvalue weighted by Gasteiger charge is 2.16. The second-order valence-electron chi connectivity index (χ2n) is 16.6. The van der Waals surface area contributed by atoms with Gasteiger partial charge in [-0.05, 0) is 63.5 Å². The Hall–Kier alpha value is -0.710. The lowest BCUT2D eigenvalue weighted by atomic mass is 10.0. The van der Waals surface area contributed by atoms with Crippen LogP contribution in [0.2, 0.25) is 0 Å². The lowest BCUT2D eigenvalue weighted by molar-refractivity contribution is 0.0356. The van der Waals surface area contributed by atoms with Crippen molar-refractivity contribution in [2.24, 2.45) is 0 Å². The molecule has 1 aromatic carbocycles. The van der Waals surface area contributed by atoms with Crippen molar-refractivity contribution < 1.29 is 23.0 Å². The van der Waals surface area contributed by atoms with E-state index in [1.165, 1.54) is 180 Å². The van der Waals surface area contributed by atoms with E-state index in [2.05, 4.69) is 27.7 Å². The second-order valence-corrected chi connectivity index (χ2v) is 17.8. The number of benzene rings is 1. The summed E-state index contributed by atoms with van der Waals surface area (Å²) < 4.78 is 31.6. The Morgan fingerprint density at radius 2 is 0.661 bits per heavy atom. The summed E-state index contributed by atoms with van der Waals surface area (Å²) in [6.07, 6.45) is 44.6. The van der Waals surface area contributed by atoms with E-state index in [4.69, 9.17) is 23.0 Å². The third kappa shape index (κ3) is 36.4. The van der Waals surface area contributed by atoms with Crippen LogP contribution in [0.4, 0.5) is 0 Å². The molecule has 0 heterocycles. The molecule has 0 radical (unpaired) electrons. The molecule has 0 aromatic heterocycles. The van der Waals surface area contributed by atoms with Gasteiger partial charge in [0.05, 0.1) is 25.4 Å². The normalized spacial score (nSPS) is 13.3. The maximum Gasteiger partial charge on any atom is 0.397 e. The van der Waals surface area contributed by atoms with Crippen LogP contribution in [0.25, 0.3) is 0 Å². The third-order valence-electron chi connectivity index (χ3n) is 11.1. The number of hydrogen-bond donors (Lipinski definition) is 0. The number of ether oxygens (including phenoxy) is 2. The standard InChI is InChI=1S/C50H95O5P/c1-5-9-13-15-17-19-21-23-34-44-51-48(38-28-11-7-3)40-32-26-36-46-53-56(55-50-42-30-25-31-43-50)54-47-37-27-33-41-49(39-29-12-8-4)52-45-35-24-22-20-18-16-14-10-6-2/h25,30-31,42-43,48-49H,5-24,26-29,32-41,44-47H2,1-4H3. The van der Waals surface area contributed by atoms with Crippen molar-refractivity contribution in [2.75, 3.05) is 26.4 Å². The Kier molecular flexibility index (Phi) is 41.7. The lowest BCUT2D eigenvalue weighted by Crippen LogP contribution is -2.14. The molecule has 2 atom stereocenters. The average Bonchev–Trinajstić information content (AvgIpc) is 3.21. The molecule has 56 heavy (non-hydrogen) atoms. The Morgan fingerprint density at radius 1 is 0.357 bits per heavy atom. The smallest absolute Gasteiger partial charge is 0.397 e. The van der Waals surface area contributed by atoms with E-state index in [0.717, 1.165) is 57.5 Å². The second kappa shape index (κ2) is 43.9. The van der Waals surface area contributed by atoms with Crippen LogP contribution in [-0.2, 0) is 18.5 Å². The van der Waals surface area contributed by atoms with Gasteiger partial charge in [-0.1, -0.05) is 213 Å². The van der Waals surface area contributed by atoms with Crippen molar-refractivity contribution in [3.05, 3.63) is 30.3 Å². The van der Waals surface area contributed by atoms with Gasteiger partial charge in [0.15, 0.2) is 0 Å². The zero-order valence-electron chi connectivity index (χ0n) is 37.9. The van der Waals surface area contributed by atoms with Crippen molar-refractivity contribution in [3.63, 3.8) is 0 Å². The molecule has 0 aliphatic carbocycles. The van der Waals surface area contributed by atoms with Gasteiger partial charge in [0.1, 0.15) is 5.75 Å². The maximum atomic E-state index is 6.44. The van der Waals surface area contributed by atoms with Gasteiger partial charge in [-0.25, -0.2) is 0 Å². The molecule has 0 spiro atoms. The van der Waals surface area contributed by atoms with Gasteiger partial charge in [0.2, 0.25) is 0 Å². The quantitative estimate of drug-likeness (QED) is 0.0485. The van der Waals surface area contributed by atoms with Gasteiger partial charge in [0, 0.05) is 13.2 Å². The number of hydrogen-bond acceptors (Lipinski definition) is 5. The SMILES string of the molecule is CCCCCCCCCCCOC(CCCCC)CCCCCOP(OCCCCCC(CCCCC)OCCCCCCCCCCC)Oc1ccccc1. The fourth-order valence-corrected chi connectivity index (χ4v) is 8.46. The lowest BCUT2D eigenvalue weighted by Gasteiger charge is -2.19. The predicted octanol–water partition coefficient (Wildman–Crippen LogP) is 17.4. The van der Waals surface area contributed by atoms with Gasteiger partial charge in [-0.15, -0.1) is 0 Å². The van der Waals surface area contributed by atoms with Gasteiger partial charge >= 0.3 is 8.60 Å². The molecule has 0 N–H and O–H groups in total. The van der Waals surface area contributed by atoms with E-state index < -0.39 is 8.60 Å². The van der Waals surface area contributed by atoms with E-state index in [1.54, 1.807) is 0 Å². The molecule has 2 unspecified atom stereocenters. The van der Waals surface area contributed by atoms with Crippen LogP contribution in [0, 0.1) is 0 Å². The molecular formula is C50H95O5P. The zero-order valence-corrected chi connectivity index (χ0v) is 38.8. The average molecular weight is 807 g/mol. The highest BCUT2D eigenvalue weighted by atomic mass is 31.2. The van der Waals surface area contributed by atoms with Crippen LogP contribution in [0.1, 0.15) is 246 Å². The van der Waals surface area contributed by atoms with Gasteiger partial charge in [-0.3, -0.25) is 0 Å². The van der Waals surface area contributed by atoms with Crippen molar-refractivity contribution in [1.82, 2.24) is 0 Å². The highest BCUT2D eigenvalue weighted by Crippen LogP contribution is 2.41. The van der Waals surface area contributed by atoms with Crippen molar-refractivity contribution >= 4 is 8.60 Å². The summed E-state index contributed by atoms with van der Waals surface area (Å²) >= 11 is 0. The summed E-state index contributed by atoms with van der Waals surface area (Å²) in [7, 11) is -1.41. The van der Waals surface area contributed by atoms with Crippen LogP contribution >= 0.6 is 8.60 Å². The number of rotatable bonds is 46. The summed E-state index contributed by atoms with van der Waals surface area (Å²) in [6, 6.07) is 10.0. The van der Waals surface area contributed by atoms with Crippen molar-refractivity contribution in [3.8, 4) is 5.75 Å². The van der Waals surface area contributed by atoms with Crippen LogP contribution in [0.5, 0.6) is 5.75 Å². The molecule has 0 amide bonds. The molecule has 0 aliphatic rings. The van der Waals surface area contributed by atoms with Crippen LogP contribution in [-0.4, -0.2) is 38.6 Å². The molecule has 5 nitrogen and oxygen atoms in total. The number of unbranched alkanes of at least 4 members (excludes halogenated alkanes) is 24. The Morgan fingerprint density at radius 3 is 1.05 bits per heavy atom. The molecule has 0 fully saturated rings. The molecule has 0 bridgehead atoms. The Bertz CT molecular complexity index is 822. The molecule has 0 saturated heterocycles. The molecule has 330 valence electrons. The minimum atomic E-state index is -1.41. The Balaban J connectivity index is 2.33. The number of para-hydroxylation sites is 1. The van der Waals surface area contributed by atoms with E-state index in [1.807, 2.05) is 30.3 Å². The van der Waals surface area contributed by atoms with Gasteiger partial charge < -0.3 is 23.0 Å². The van der Waals surface area contributed by atoms with E-state index in [-0.39, 0.29) is 0 Å². The first kappa shape index (κ1) is 53.3. The molecule has 1 aromatic rings. The van der Waals surface area contributed by atoms with Gasteiger partial charge in [-0.2, -0.15) is 0 Å². The Labute approximate surface area is 351 Å². The minimum Gasteiger partial charge on any atom is -0.427 e. The summed E-state index contributed by atoms with van der Waals surface area (Å²) in [5.74, 6) is 0.816. The maximum absolute atomic E-state index is 6.44. The van der Waals surface area contributed by atoms with E-state index in [9.17, 15) is 0 Å². The summed E-state index contributed by atoms with van der Waals surface area (Å²) in [5.41, 5.74) is 0. The largest absolute Gasteiger partial charge is 0.427 e. The van der Waals surface area contributed by atoms with Crippen LogP contribution in [0.3, 0.4) is 0 Å². The first-order valence-corrected chi connectivity index (χ1v) is 25.8. The monoisotopic (exact) mass is 807 g/mol. The molecule has 1 rings (SSSR count). The summed E-state index contributed by atoms with van der Waals surface area (Å²) in [4.78, 5) is 0. The first-order chi connectivity index (χ1) is 27.7. The fourth-order valence-electron chi connectivity index (χ4n) is 7.43. The first-order valence-electron chi connectivity index (χ1n) is 24.8. The summed E-state index contributed by atoms with van der Waals surface area (Å²) in [5, 5.41) is 0. The minimum absolute atomic E-state index is 0.413. The molecule has 0 saturated carbocycles. The predicted molar refractivity (Wildman–Crippen MR) is 245 cm³/mol. The van der Waals surface area contributed by atoms with E-state index >= 15 is 0 Å². The fraction of sp³-hybridized carbons (Fsp3) is 0.880. The molecular weight excluding hydrogens is 712 g/mol. The van der Waals surface area contributed by atoms with Gasteiger partial charge in [0.25, 0.3) is 0 Å².